The Hall–Kier alpha value is -1.40. The minimum absolute atomic E-state index is 0.294. The molecule has 94 valence electrons. The van der Waals surface area contributed by atoms with Crippen LogP contribution in [0.25, 0.3) is 0 Å². The number of nitrogens with zero attached hydrogens (tertiary/aromatic N) is 3. The summed E-state index contributed by atoms with van der Waals surface area (Å²) in [6.45, 7) is 1.49. The summed E-state index contributed by atoms with van der Waals surface area (Å²) in [5.41, 5.74) is 0. The first-order valence-electron chi connectivity index (χ1n) is 5.86. The molecular weight excluding hydrogens is 250 g/mol. The van der Waals surface area contributed by atoms with Gasteiger partial charge in [-0.15, -0.1) is 0 Å². The van der Waals surface area contributed by atoms with Crippen LogP contribution < -0.4 is 0 Å². The van der Waals surface area contributed by atoms with E-state index in [-0.39, 0.29) is 0 Å². The molecule has 18 heavy (non-hydrogen) atoms. The van der Waals surface area contributed by atoms with Gasteiger partial charge in [-0.25, -0.2) is 4.98 Å². The van der Waals surface area contributed by atoms with Crippen LogP contribution in [0.1, 0.15) is 24.1 Å². The molecule has 1 fully saturated rings. The lowest BCUT2D eigenvalue weighted by Crippen LogP contribution is -1.99. The lowest BCUT2D eigenvalue weighted by Gasteiger charge is -1.97. The first kappa shape index (κ1) is 11.7. The van der Waals surface area contributed by atoms with E-state index >= 15 is 0 Å². The second kappa shape index (κ2) is 5.49. The molecule has 0 spiro atoms. The average molecular weight is 263 g/mol. The summed E-state index contributed by atoms with van der Waals surface area (Å²) in [7, 11) is 0. The smallest absolute Gasteiger partial charge is 0.237 e. The molecule has 0 radical (unpaired) electrons. The van der Waals surface area contributed by atoms with Crippen molar-refractivity contribution in [3.05, 3.63) is 36.1 Å². The number of thioether (sulfide) groups is 1. The first-order chi connectivity index (χ1) is 8.92. The molecule has 1 atom stereocenters. The predicted molar refractivity (Wildman–Crippen MR) is 66.3 cm³/mol. The molecular formula is C12H13N3O2S. The molecule has 0 saturated carbocycles. The van der Waals surface area contributed by atoms with Gasteiger partial charge in [0.1, 0.15) is 0 Å². The van der Waals surface area contributed by atoms with Gasteiger partial charge in [-0.1, -0.05) is 23.0 Å². The number of aromatic nitrogens is 3. The van der Waals surface area contributed by atoms with Crippen molar-refractivity contribution in [1.82, 2.24) is 15.1 Å². The van der Waals surface area contributed by atoms with E-state index in [1.165, 1.54) is 0 Å². The number of pyridine rings is 1. The van der Waals surface area contributed by atoms with Crippen LogP contribution in [0.3, 0.4) is 0 Å². The van der Waals surface area contributed by atoms with Crippen molar-refractivity contribution in [1.29, 1.82) is 0 Å². The fourth-order valence-corrected chi connectivity index (χ4v) is 2.50. The molecule has 0 aromatic carbocycles. The van der Waals surface area contributed by atoms with Gasteiger partial charge >= 0.3 is 0 Å². The largest absolute Gasteiger partial charge is 0.381 e. The molecule has 0 bridgehead atoms. The summed E-state index contributed by atoms with van der Waals surface area (Å²) < 4.78 is 10.5. The summed E-state index contributed by atoms with van der Waals surface area (Å²) in [4.78, 5) is 8.63. The van der Waals surface area contributed by atoms with Crippen LogP contribution in [0.4, 0.5) is 0 Å². The molecule has 6 heteroatoms. The van der Waals surface area contributed by atoms with Crippen molar-refractivity contribution in [3.8, 4) is 0 Å². The van der Waals surface area contributed by atoms with Crippen LogP contribution >= 0.6 is 11.8 Å². The summed E-state index contributed by atoms with van der Waals surface area (Å²) in [6, 6.07) is 5.83. The van der Waals surface area contributed by atoms with Gasteiger partial charge in [-0.2, -0.15) is 4.98 Å². The minimum Gasteiger partial charge on any atom is -0.381 e. The zero-order chi connectivity index (χ0) is 12.2. The van der Waals surface area contributed by atoms with Crippen molar-refractivity contribution >= 4 is 11.8 Å². The molecule has 0 N–H and O–H groups in total. The van der Waals surface area contributed by atoms with E-state index in [1.807, 2.05) is 18.2 Å². The zero-order valence-corrected chi connectivity index (χ0v) is 10.6. The maximum Gasteiger partial charge on any atom is 0.237 e. The van der Waals surface area contributed by atoms with Crippen LogP contribution in [0.2, 0.25) is 0 Å². The van der Waals surface area contributed by atoms with Crippen molar-refractivity contribution in [3.63, 3.8) is 0 Å². The van der Waals surface area contributed by atoms with Crippen molar-refractivity contribution in [2.75, 3.05) is 13.2 Å². The van der Waals surface area contributed by atoms with Gasteiger partial charge in [0.2, 0.25) is 5.89 Å². The monoisotopic (exact) mass is 263 g/mol. The molecule has 2 aromatic heterocycles. The van der Waals surface area contributed by atoms with E-state index in [4.69, 9.17) is 9.26 Å². The maximum absolute atomic E-state index is 5.31. The third-order valence-corrected chi connectivity index (χ3v) is 3.69. The minimum atomic E-state index is 0.294. The Bertz CT molecular complexity index is 497. The molecule has 3 heterocycles. The number of hydrogen-bond acceptors (Lipinski definition) is 6. The third kappa shape index (κ3) is 2.70. The van der Waals surface area contributed by atoms with E-state index in [9.17, 15) is 0 Å². The quantitative estimate of drug-likeness (QED) is 0.788. The van der Waals surface area contributed by atoms with Crippen molar-refractivity contribution in [2.45, 2.75) is 23.1 Å². The van der Waals surface area contributed by atoms with E-state index in [2.05, 4.69) is 15.1 Å². The Balaban J connectivity index is 1.60. The second-order valence-electron chi connectivity index (χ2n) is 4.06. The van der Waals surface area contributed by atoms with Gasteiger partial charge in [0.25, 0.3) is 0 Å². The van der Waals surface area contributed by atoms with Gasteiger partial charge in [0, 0.05) is 18.7 Å². The molecule has 0 unspecified atom stereocenters. The van der Waals surface area contributed by atoms with Crippen LogP contribution in [0, 0.1) is 0 Å². The van der Waals surface area contributed by atoms with Crippen LogP contribution in [0.15, 0.2) is 33.9 Å². The second-order valence-corrected chi connectivity index (χ2v) is 5.06. The lowest BCUT2D eigenvalue weighted by atomic mass is 10.1. The Morgan fingerprint density at radius 3 is 3.17 bits per heavy atom. The number of rotatable bonds is 4. The van der Waals surface area contributed by atoms with E-state index < -0.39 is 0 Å². The highest BCUT2D eigenvalue weighted by Gasteiger charge is 2.22. The molecule has 0 aliphatic carbocycles. The fourth-order valence-electron chi connectivity index (χ4n) is 1.80. The molecule has 3 rings (SSSR count). The zero-order valence-electron chi connectivity index (χ0n) is 9.78. The normalized spacial score (nSPS) is 19.2. The van der Waals surface area contributed by atoms with Crippen LogP contribution in [-0.2, 0) is 10.5 Å². The Morgan fingerprint density at radius 2 is 2.39 bits per heavy atom. The topological polar surface area (TPSA) is 61.0 Å². The van der Waals surface area contributed by atoms with E-state index in [0.717, 1.165) is 23.9 Å². The SMILES string of the molecule is c1ccc(SCc2nc([C@@H]3CCOC3)no2)nc1. The average Bonchev–Trinajstić information content (AvgIpc) is 3.08. The summed E-state index contributed by atoms with van der Waals surface area (Å²) in [6.07, 6.45) is 2.75. The Kier molecular flexibility index (Phi) is 3.56. The molecule has 1 aliphatic rings. The summed E-state index contributed by atoms with van der Waals surface area (Å²) >= 11 is 1.59. The highest BCUT2D eigenvalue weighted by Crippen LogP contribution is 2.24. The molecule has 1 aliphatic heterocycles. The molecule has 1 saturated heterocycles. The van der Waals surface area contributed by atoms with Gasteiger partial charge < -0.3 is 9.26 Å². The van der Waals surface area contributed by atoms with Gasteiger partial charge in [-0.3, -0.25) is 0 Å². The van der Waals surface area contributed by atoms with Crippen molar-refractivity contribution < 1.29 is 9.26 Å². The van der Waals surface area contributed by atoms with Gasteiger partial charge in [-0.05, 0) is 18.6 Å². The van der Waals surface area contributed by atoms with Gasteiger partial charge in [0.15, 0.2) is 5.82 Å². The lowest BCUT2D eigenvalue weighted by molar-refractivity contribution is 0.192. The Morgan fingerprint density at radius 1 is 1.39 bits per heavy atom. The standard InChI is InChI=1S/C12H13N3O2S/c1-2-5-13-11(3-1)18-8-10-14-12(15-17-10)9-4-6-16-7-9/h1-3,5,9H,4,6-8H2/t9-/m1/s1. The molecule has 5 nitrogen and oxygen atoms in total. The van der Waals surface area contributed by atoms with E-state index in [1.54, 1.807) is 18.0 Å². The molecule has 2 aromatic rings. The molecule has 0 amide bonds. The highest BCUT2D eigenvalue weighted by molar-refractivity contribution is 7.98. The number of ether oxygens (including phenoxy) is 1. The summed E-state index contributed by atoms with van der Waals surface area (Å²) in [5.74, 6) is 2.36. The maximum atomic E-state index is 5.31. The van der Waals surface area contributed by atoms with Gasteiger partial charge in [0.05, 0.1) is 17.4 Å². The Labute approximate surface area is 109 Å². The van der Waals surface area contributed by atoms with Crippen molar-refractivity contribution in [2.24, 2.45) is 0 Å². The fraction of sp³-hybridized carbons (Fsp3) is 0.417. The van der Waals surface area contributed by atoms with E-state index in [0.29, 0.717) is 24.2 Å². The predicted octanol–water partition coefficient (Wildman–Crippen LogP) is 2.26. The van der Waals surface area contributed by atoms with Crippen LogP contribution in [0.5, 0.6) is 0 Å². The first-order valence-corrected chi connectivity index (χ1v) is 6.84. The highest BCUT2D eigenvalue weighted by atomic mass is 32.2. The number of hydrogen-bond donors (Lipinski definition) is 0. The third-order valence-electron chi connectivity index (χ3n) is 2.76. The summed E-state index contributed by atoms with van der Waals surface area (Å²) in [5, 5.41) is 4.97. The van der Waals surface area contributed by atoms with Crippen LogP contribution in [-0.4, -0.2) is 28.3 Å².